The molecule has 0 amide bonds. The lowest BCUT2D eigenvalue weighted by atomic mass is 10.1. The van der Waals surface area contributed by atoms with E-state index in [1.54, 1.807) is 24.3 Å². The van der Waals surface area contributed by atoms with Crippen LogP contribution in [0.5, 0.6) is 0 Å². The van der Waals surface area contributed by atoms with Crippen LogP contribution in [0.4, 0.5) is 0 Å². The van der Waals surface area contributed by atoms with E-state index in [0.717, 1.165) is 5.56 Å². The van der Waals surface area contributed by atoms with Crippen molar-refractivity contribution in [2.45, 2.75) is 5.25 Å². The van der Waals surface area contributed by atoms with E-state index in [1.165, 1.54) is 0 Å². The highest BCUT2D eigenvalue weighted by molar-refractivity contribution is 7.91. The maximum absolute atomic E-state index is 11.8. The third-order valence-corrected chi connectivity index (χ3v) is 4.90. The van der Waals surface area contributed by atoms with Gasteiger partial charge in [0.05, 0.1) is 11.0 Å². The molecule has 1 aromatic rings. The Labute approximate surface area is 94.4 Å². The number of rotatable bonds is 1. The Balaban J connectivity index is 2.33. The van der Waals surface area contributed by atoms with Gasteiger partial charge in [0.25, 0.3) is 0 Å². The van der Waals surface area contributed by atoms with E-state index in [2.05, 4.69) is 5.32 Å². The first-order valence-electron chi connectivity index (χ1n) is 4.77. The van der Waals surface area contributed by atoms with Gasteiger partial charge in [-0.05, 0) is 17.7 Å². The average Bonchev–Trinajstić information content (AvgIpc) is 2.19. The van der Waals surface area contributed by atoms with Gasteiger partial charge < -0.3 is 5.32 Å². The first-order valence-corrected chi connectivity index (χ1v) is 6.87. The van der Waals surface area contributed by atoms with Crippen LogP contribution in [0, 0.1) is 0 Å². The second-order valence-electron chi connectivity index (χ2n) is 3.61. The largest absolute Gasteiger partial charge is 0.314 e. The van der Waals surface area contributed by atoms with Crippen LogP contribution >= 0.6 is 11.6 Å². The zero-order valence-electron chi connectivity index (χ0n) is 8.11. The molecule has 5 heteroatoms. The number of benzene rings is 1. The highest BCUT2D eigenvalue weighted by atomic mass is 35.5. The molecule has 1 heterocycles. The molecular formula is C10H12ClNO2S. The van der Waals surface area contributed by atoms with Gasteiger partial charge >= 0.3 is 0 Å². The van der Waals surface area contributed by atoms with Crippen LogP contribution in [-0.2, 0) is 9.84 Å². The minimum atomic E-state index is -3.00. The van der Waals surface area contributed by atoms with E-state index >= 15 is 0 Å². The lowest BCUT2D eigenvalue weighted by molar-refractivity contribution is 0.551. The van der Waals surface area contributed by atoms with Crippen LogP contribution in [0.25, 0.3) is 0 Å². The molecule has 1 aliphatic heterocycles. The molecular weight excluding hydrogens is 234 g/mol. The van der Waals surface area contributed by atoms with Crippen molar-refractivity contribution >= 4 is 21.4 Å². The fraction of sp³-hybridized carbons (Fsp3) is 0.400. The quantitative estimate of drug-likeness (QED) is 0.814. The van der Waals surface area contributed by atoms with Crippen LogP contribution < -0.4 is 5.32 Å². The van der Waals surface area contributed by atoms with E-state index in [9.17, 15) is 8.42 Å². The monoisotopic (exact) mass is 245 g/mol. The normalized spacial score (nSPS) is 25.0. The van der Waals surface area contributed by atoms with E-state index in [-0.39, 0.29) is 5.75 Å². The Kier molecular flexibility index (Phi) is 3.00. The fourth-order valence-electron chi connectivity index (χ4n) is 1.72. The van der Waals surface area contributed by atoms with Crippen LogP contribution in [0.3, 0.4) is 0 Å². The SMILES string of the molecule is O=S1(=O)CCNCC1c1ccc(Cl)cc1. The topological polar surface area (TPSA) is 46.2 Å². The van der Waals surface area contributed by atoms with Gasteiger partial charge in [0.15, 0.2) is 9.84 Å². The molecule has 0 radical (unpaired) electrons. The number of hydrogen-bond donors (Lipinski definition) is 1. The molecule has 3 nitrogen and oxygen atoms in total. The predicted molar refractivity (Wildman–Crippen MR) is 60.8 cm³/mol. The van der Waals surface area contributed by atoms with Crippen molar-refractivity contribution < 1.29 is 8.42 Å². The molecule has 0 aliphatic carbocycles. The number of nitrogens with one attached hydrogen (secondary N) is 1. The highest BCUT2D eigenvalue weighted by Crippen LogP contribution is 2.25. The molecule has 1 unspecified atom stereocenters. The molecule has 1 atom stereocenters. The van der Waals surface area contributed by atoms with Crippen molar-refractivity contribution in [2.24, 2.45) is 0 Å². The van der Waals surface area contributed by atoms with Crippen molar-refractivity contribution in [3.8, 4) is 0 Å². The predicted octanol–water partition coefficient (Wildman–Crippen LogP) is 1.40. The zero-order chi connectivity index (χ0) is 10.9. The van der Waals surface area contributed by atoms with Crippen LogP contribution in [0.1, 0.15) is 10.8 Å². The van der Waals surface area contributed by atoms with Gasteiger partial charge in [0.2, 0.25) is 0 Å². The second-order valence-corrected chi connectivity index (χ2v) is 6.35. The van der Waals surface area contributed by atoms with Crippen molar-refractivity contribution in [3.63, 3.8) is 0 Å². The van der Waals surface area contributed by atoms with Gasteiger partial charge in [-0.15, -0.1) is 0 Å². The van der Waals surface area contributed by atoms with Crippen LogP contribution in [0.15, 0.2) is 24.3 Å². The van der Waals surface area contributed by atoms with Crippen molar-refractivity contribution in [1.29, 1.82) is 0 Å². The fourth-order valence-corrected chi connectivity index (χ4v) is 3.50. The standard InChI is InChI=1S/C10H12ClNO2S/c11-9-3-1-8(2-4-9)10-7-12-5-6-15(10,13)14/h1-4,10,12H,5-7H2. The Bertz CT molecular complexity index is 441. The summed E-state index contributed by atoms with van der Waals surface area (Å²) in [5.74, 6) is 0.209. The van der Waals surface area contributed by atoms with Gasteiger partial charge in [-0.3, -0.25) is 0 Å². The number of halogens is 1. The minimum Gasteiger partial charge on any atom is -0.314 e. The van der Waals surface area contributed by atoms with E-state index in [0.29, 0.717) is 18.1 Å². The summed E-state index contributed by atoms with van der Waals surface area (Å²) in [5.41, 5.74) is 0.812. The van der Waals surface area contributed by atoms with Gasteiger partial charge in [-0.25, -0.2) is 8.42 Å². The summed E-state index contributed by atoms with van der Waals surface area (Å²) < 4.78 is 23.6. The third kappa shape index (κ3) is 2.33. The summed E-state index contributed by atoms with van der Waals surface area (Å²) in [4.78, 5) is 0. The van der Waals surface area contributed by atoms with Gasteiger partial charge in [0.1, 0.15) is 0 Å². The molecule has 0 saturated carbocycles. The summed E-state index contributed by atoms with van der Waals surface area (Å²) >= 11 is 5.76. The van der Waals surface area contributed by atoms with Crippen molar-refractivity contribution in [2.75, 3.05) is 18.8 Å². The zero-order valence-corrected chi connectivity index (χ0v) is 9.68. The smallest absolute Gasteiger partial charge is 0.159 e. The maximum Gasteiger partial charge on any atom is 0.159 e. The Hall–Kier alpha value is -0.580. The molecule has 1 fully saturated rings. The van der Waals surface area contributed by atoms with Crippen molar-refractivity contribution in [3.05, 3.63) is 34.9 Å². The molecule has 0 spiro atoms. The van der Waals surface area contributed by atoms with Crippen LogP contribution in [-0.4, -0.2) is 27.3 Å². The average molecular weight is 246 g/mol. The Morgan fingerprint density at radius 1 is 1.27 bits per heavy atom. The molecule has 0 bridgehead atoms. The Morgan fingerprint density at radius 2 is 1.93 bits per heavy atom. The molecule has 2 rings (SSSR count). The van der Waals surface area contributed by atoms with E-state index < -0.39 is 15.1 Å². The summed E-state index contributed by atoms with van der Waals surface area (Å²) in [7, 11) is -3.00. The van der Waals surface area contributed by atoms with Crippen molar-refractivity contribution in [1.82, 2.24) is 5.32 Å². The molecule has 15 heavy (non-hydrogen) atoms. The first kappa shape index (κ1) is 10.9. The lowest BCUT2D eigenvalue weighted by Crippen LogP contribution is -2.38. The van der Waals surface area contributed by atoms with Gasteiger partial charge in [0, 0.05) is 18.1 Å². The minimum absolute atomic E-state index is 0.209. The second kappa shape index (κ2) is 4.12. The molecule has 1 aromatic carbocycles. The molecule has 1 N–H and O–H groups in total. The van der Waals surface area contributed by atoms with E-state index in [1.807, 2.05) is 0 Å². The lowest BCUT2D eigenvalue weighted by Gasteiger charge is -2.23. The summed E-state index contributed by atoms with van der Waals surface area (Å²) in [6, 6.07) is 7.00. The van der Waals surface area contributed by atoms with Gasteiger partial charge in [-0.2, -0.15) is 0 Å². The summed E-state index contributed by atoms with van der Waals surface area (Å²) in [6.45, 7) is 1.04. The first-order chi connectivity index (χ1) is 7.09. The van der Waals surface area contributed by atoms with Gasteiger partial charge in [-0.1, -0.05) is 23.7 Å². The molecule has 0 aromatic heterocycles. The molecule has 82 valence electrons. The summed E-state index contributed by atoms with van der Waals surface area (Å²) in [6.07, 6.45) is 0. The number of hydrogen-bond acceptors (Lipinski definition) is 3. The summed E-state index contributed by atoms with van der Waals surface area (Å²) in [5, 5.41) is 3.29. The molecule has 1 aliphatic rings. The molecule has 1 saturated heterocycles. The third-order valence-electron chi connectivity index (χ3n) is 2.57. The Morgan fingerprint density at radius 3 is 2.53 bits per heavy atom. The van der Waals surface area contributed by atoms with E-state index in [4.69, 9.17) is 11.6 Å². The maximum atomic E-state index is 11.8. The highest BCUT2D eigenvalue weighted by Gasteiger charge is 2.29. The van der Waals surface area contributed by atoms with Crippen LogP contribution in [0.2, 0.25) is 5.02 Å². The number of sulfone groups is 1.